The van der Waals surface area contributed by atoms with Gasteiger partial charge in [0.15, 0.2) is 0 Å². The number of hydrogen-bond donors (Lipinski definition) is 1. The molecule has 0 amide bonds. The van der Waals surface area contributed by atoms with Crippen molar-refractivity contribution < 1.29 is 4.39 Å². The molecule has 1 unspecified atom stereocenters. The van der Waals surface area contributed by atoms with Gasteiger partial charge in [-0.2, -0.15) is 0 Å². The standard InChI is InChI=1S/C14H14FNS/c1-3-5-12(16-4-2)14-8-10-6-7-11(15)9-13(10)17-14/h1,6-9,12,16H,4-5H2,2H3. The highest BCUT2D eigenvalue weighted by Crippen LogP contribution is 2.31. The molecule has 2 rings (SSSR count). The lowest BCUT2D eigenvalue weighted by molar-refractivity contribution is 0.574. The van der Waals surface area contributed by atoms with E-state index in [9.17, 15) is 4.39 Å². The lowest BCUT2D eigenvalue weighted by Crippen LogP contribution is -2.19. The number of thiophene rings is 1. The Hall–Kier alpha value is -1.37. The van der Waals surface area contributed by atoms with Gasteiger partial charge in [-0.3, -0.25) is 0 Å². The minimum atomic E-state index is -0.192. The average Bonchev–Trinajstić information content (AvgIpc) is 2.71. The van der Waals surface area contributed by atoms with Crippen LogP contribution in [0.4, 0.5) is 4.39 Å². The summed E-state index contributed by atoms with van der Waals surface area (Å²) in [6, 6.07) is 7.13. The SMILES string of the molecule is C#CCC(NCC)c1cc2ccc(F)cc2s1. The smallest absolute Gasteiger partial charge is 0.124 e. The third-order valence-corrected chi connectivity index (χ3v) is 3.83. The summed E-state index contributed by atoms with van der Waals surface area (Å²) >= 11 is 1.60. The normalized spacial score (nSPS) is 12.5. The van der Waals surface area contributed by atoms with Crippen LogP contribution in [0.2, 0.25) is 0 Å². The van der Waals surface area contributed by atoms with Crippen molar-refractivity contribution in [1.29, 1.82) is 0 Å². The molecule has 0 aliphatic heterocycles. The van der Waals surface area contributed by atoms with E-state index >= 15 is 0 Å². The van der Waals surface area contributed by atoms with Crippen LogP contribution in [0.3, 0.4) is 0 Å². The quantitative estimate of drug-likeness (QED) is 0.812. The molecule has 1 atom stereocenters. The number of terminal acetylenes is 1. The van der Waals surface area contributed by atoms with E-state index in [2.05, 4.69) is 24.2 Å². The maximum atomic E-state index is 13.1. The Morgan fingerprint density at radius 1 is 1.47 bits per heavy atom. The molecule has 0 saturated heterocycles. The molecule has 0 saturated carbocycles. The minimum absolute atomic E-state index is 0.172. The molecule has 0 aliphatic rings. The van der Waals surface area contributed by atoms with Crippen molar-refractivity contribution >= 4 is 21.4 Å². The Balaban J connectivity index is 2.37. The van der Waals surface area contributed by atoms with Gasteiger partial charge in [0.25, 0.3) is 0 Å². The van der Waals surface area contributed by atoms with E-state index in [0.29, 0.717) is 6.42 Å². The molecule has 88 valence electrons. The summed E-state index contributed by atoms with van der Waals surface area (Å²) in [7, 11) is 0. The predicted octanol–water partition coefficient (Wildman–Crippen LogP) is 3.71. The minimum Gasteiger partial charge on any atom is -0.309 e. The van der Waals surface area contributed by atoms with Crippen LogP contribution in [0.1, 0.15) is 24.3 Å². The molecule has 1 nitrogen and oxygen atoms in total. The van der Waals surface area contributed by atoms with Gasteiger partial charge in [0, 0.05) is 16.0 Å². The fraction of sp³-hybridized carbons (Fsp3) is 0.286. The fourth-order valence-electron chi connectivity index (χ4n) is 1.83. The van der Waals surface area contributed by atoms with Gasteiger partial charge < -0.3 is 5.32 Å². The molecular weight excluding hydrogens is 233 g/mol. The van der Waals surface area contributed by atoms with E-state index in [4.69, 9.17) is 6.42 Å². The largest absolute Gasteiger partial charge is 0.309 e. The molecule has 0 aliphatic carbocycles. The summed E-state index contributed by atoms with van der Waals surface area (Å²) in [6.07, 6.45) is 6.03. The summed E-state index contributed by atoms with van der Waals surface area (Å²) in [4.78, 5) is 1.17. The van der Waals surface area contributed by atoms with Crippen molar-refractivity contribution in [1.82, 2.24) is 5.32 Å². The zero-order chi connectivity index (χ0) is 12.3. The van der Waals surface area contributed by atoms with Crippen LogP contribution in [0, 0.1) is 18.2 Å². The Bertz CT molecular complexity index is 553. The summed E-state index contributed by atoms with van der Waals surface area (Å²) < 4.78 is 14.1. The Kier molecular flexibility index (Phi) is 3.78. The van der Waals surface area contributed by atoms with Crippen molar-refractivity contribution in [3.63, 3.8) is 0 Å². The van der Waals surface area contributed by atoms with Gasteiger partial charge >= 0.3 is 0 Å². The van der Waals surface area contributed by atoms with Gasteiger partial charge in [-0.1, -0.05) is 13.0 Å². The van der Waals surface area contributed by atoms with Crippen molar-refractivity contribution in [2.45, 2.75) is 19.4 Å². The molecule has 0 radical (unpaired) electrons. The van der Waals surface area contributed by atoms with E-state index < -0.39 is 0 Å². The van der Waals surface area contributed by atoms with Crippen LogP contribution >= 0.6 is 11.3 Å². The molecule has 0 bridgehead atoms. The van der Waals surface area contributed by atoms with Crippen LogP contribution in [0.5, 0.6) is 0 Å². The molecule has 1 heterocycles. The van der Waals surface area contributed by atoms with E-state index in [0.717, 1.165) is 16.6 Å². The molecule has 17 heavy (non-hydrogen) atoms. The maximum Gasteiger partial charge on any atom is 0.124 e. The highest BCUT2D eigenvalue weighted by Gasteiger charge is 2.12. The molecule has 2 aromatic rings. The zero-order valence-electron chi connectivity index (χ0n) is 9.66. The molecule has 0 spiro atoms. The second kappa shape index (κ2) is 5.31. The van der Waals surface area contributed by atoms with Gasteiger partial charge in [0.1, 0.15) is 5.82 Å². The summed E-state index contributed by atoms with van der Waals surface area (Å²) in [5.74, 6) is 2.49. The number of hydrogen-bond acceptors (Lipinski definition) is 2. The van der Waals surface area contributed by atoms with Crippen molar-refractivity contribution in [2.24, 2.45) is 0 Å². The van der Waals surface area contributed by atoms with Crippen molar-refractivity contribution in [3.8, 4) is 12.3 Å². The third kappa shape index (κ3) is 2.66. The Morgan fingerprint density at radius 3 is 3.00 bits per heavy atom. The summed E-state index contributed by atoms with van der Waals surface area (Å²) in [5.41, 5.74) is 0. The first-order valence-electron chi connectivity index (χ1n) is 5.60. The van der Waals surface area contributed by atoms with E-state index in [1.54, 1.807) is 17.4 Å². The fourth-order valence-corrected chi connectivity index (χ4v) is 3.00. The van der Waals surface area contributed by atoms with Crippen molar-refractivity contribution in [2.75, 3.05) is 6.54 Å². The highest BCUT2D eigenvalue weighted by molar-refractivity contribution is 7.19. The molecule has 0 fully saturated rings. The van der Waals surface area contributed by atoms with Crippen LogP contribution in [0.25, 0.3) is 10.1 Å². The predicted molar refractivity (Wildman–Crippen MR) is 71.7 cm³/mol. The highest BCUT2D eigenvalue weighted by atomic mass is 32.1. The van der Waals surface area contributed by atoms with Gasteiger partial charge in [-0.25, -0.2) is 4.39 Å². The van der Waals surface area contributed by atoms with Gasteiger partial charge in [-0.05, 0) is 30.1 Å². The number of nitrogens with one attached hydrogen (secondary N) is 1. The van der Waals surface area contributed by atoms with Crippen molar-refractivity contribution in [3.05, 3.63) is 35.0 Å². The first-order valence-corrected chi connectivity index (χ1v) is 6.42. The lowest BCUT2D eigenvalue weighted by atomic mass is 10.1. The lowest BCUT2D eigenvalue weighted by Gasteiger charge is -2.12. The monoisotopic (exact) mass is 247 g/mol. The molecule has 1 aromatic heterocycles. The first-order chi connectivity index (χ1) is 8.24. The Morgan fingerprint density at radius 2 is 2.29 bits per heavy atom. The number of fused-ring (bicyclic) bond motifs is 1. The second-order valence-electron chi connectivity index (χ2n) is 3.85. The average molecular weight is 247 g/mol. The van der Waals surface area contributed by atoms with Crippen LogP contribution in [-0.2, 0) is 0 Å². The zero-order valence-corrected chi connectivity index (χ0v) is 10.5. The third-order valence-electron chi connectivity index (χ3n) is 2.62. The molecular formula is C14H14FNS. The van der Waals surface area contributed by atoms with E-state index in [1.807, 2.05) is 6.07 Å². The molecule has 1 N–H and O–H groups in total. The van der Waals surface area contributed by atoms with Gasteiger partial charge in [-0.15, -0.1) is 23.7 Å². The topological polar surface area (TPSA) is 12.0 Å². The number of halogens is 1. The van der Waals surface area contributed by atoms with E-state index in [1.165, 1.54) is 10.9 Å². The number of rotatable bonds is 4. The number of benzene rings is 1. The van der Waals surface area contributed by atoms with E-state index in [-0.39, 0.29) is 11.9 Å². The van der Waals surface area contributed by atoms with Crippen LogP contribution in [-0.4, -0.2) is 6.54 Å². The second-order valence-corrected chi connectivity index (χ2v) is 4.96. The first kappa shape index (κ1) is 12.1. The maximum absolute atomic E-state index is 13.1. The Labute approximate surface area is 105 Å². The summed E-state index contributed by atoms with van der Waals surface area (Å²) in [6.45, 7) is 2.92. The van der Waals surface area contributed by atoms with Crippen LogP contribution < -0.4 is 5.32 Å². The molecule has 3 heteroatoms. The van der Waals surface area contributed by atoms with Gasteiger partial charge in [0.05, 0.1) is 6.04 Å². The van der Waals surface area contributed by atoms with Crippen LogP contribution in [0.15, 0.2) is 24.3 Å². The summed E-state index contributed by atoms with van der Waals surface area (Å²) in [5, 5.41) is 4.42. The molecule has 1 aromatic carbocycles. The van der Waals surface area contributed by atoms with Gasteiger partial charge in [0.2, 0.25) is 0 Å².